The van der Waals surface area contributed by atoms with Crippen LogP contribution in [0, 0.1) is 5.92 Å². The maximum Gasteiger partial charge on any atom is 0.113 e. The highest BCUT2D eigenvalue weighted by molar-refractivity contribution is 5.56. The van der Waals surface area contributed by atoms with E-state index in [-0.39, 0.29) is 0 Å². The fraction of sp³-hybridized carbons (Fsp3) is 0.529. The minimum Gasteiger partial charge on any atom is -0.182 e. The molecule has 0 bridgehead atoms. The third kappa shape index (κ3) is 7.07. The molecule has 0 aliphatic carbocycles. The first kappa shape index (κ1) is 18.4. The van der Waals surface area contributed by atoms with Gasteiger partial charge < -0.3 is 0 Å². The molecule has 0 saturated carbocycles. The van der Waals surface area contributed by atoms with Crippen LogP contribution in [0.3, 0.4) is 0 Å². The van der Waals surface area contributed by atoms with Gasteiger partial charge in [-0.25, -0.2) is 0 Å². The molecule has 0 radical (unpaired) electrons. The molecular weight excluding hydrogens is 246 g/mol. The van der Waals surface area contributed by atoms with Crippen molar-refractivity contribution in [2.24, 2.45) is 5.92 Å². The highest BCUT2D eigenvalue weighted by atomic mass is 15.5. The molecule has 3 heteroatoms. The normalized spacial score (nSPS) is 9.65. The molecule has 0 aliphatic rings. The molecule has 1 aromatic heterocycles. The molecule has 20 heavy (non-hydrogen) atoms. The molecule has 0 saturated heterocycles. The van der Waals surface area contributed by atoms with Crippen molar-refractivity contribution in [3.05, 3.63) is 36.5 Å². The van der Waals surface area contributed by atoms with Crippen LogP contribution in [-0.2, 0) is 0 Å². The smallest absolute Gasteiger partial charge is 0.113 e. The van der Waals surface area contributed by atoms with Gasteiger partial charge in [-0.3, -0.25) is 0 Å². The predicted molar refractivity (Wildman–Crippen MR) is 87.7 cm³/mol. The van der Waals surface area contributed by atoms with Crippen molar-refractivity contribution in [2.45, 2.75) is 54.5 Å². The Morgan fingerprint density at radius 3 is 1.80 bits per heavy atom. The summed E-state index contributed by atoms with van der Waals surface area (Å²) < 4.78 is 0. The average molecular weight is 275 g/mol. The molecule has 3 nitrogen and oxygen atoms in total. The number of nitrogens with zero attached hydrogens (tertiary/aromatic N) is 3. The third-order valence-electron chi connectivity index (χ3n) is 2.04. The van der Waals surface area contributed by atoms with Gasteiger partial charge >= 0.3 is 0 Å². The largest absolute Gasteiger partial charge is 0.182 e. The van der Waals surface area contributed by atoms with Gasteiger partial charge in [-0.1, -0.05) is 65.0 Å². The third-order valence-corrected chi connectivity index (χ3v) is 2.04. The Labute approximate surface area is 124 Å². The maximum atomic E-state index is 4.39. The Hall–Kier alpha value is -1.64. The SMILES string of the molecule is CC.CC(C)C.CC(C)n1ncc(-c2ccccc2)n1. The molecule has 0 unspecified atom stereocenters. The molecule has 0 amide bonds. The zero-order valence-electron chi connectivity index (χ0n) is 14.0. The van der Waals surface area contributed by atoms with Crippen molar-refractivity contribution in [1.29, 1.82) is 0 Å². The number of benzene rings is 1. The van der Waals surface area contributed by atoms with Gasteiger partial charge in [-0.15, -0.1) is 0 Å². The van der Waals surface area contributed by atoms with Crippen LogP contribution < -0.4 is 0 Å². The summed E-state index contributed by atoms with van der Waals surface area (Å²) in [6.07, 6.45) is 1.80. The van der Waals surface area contributed by atoms with Crippen molar-refractivity contribution in [3.63, 3.8) is 0 Å². The minimum atomic E-state index is 0.312. The lowest BCUT2D eigenvalue weighted by Gasteiger charge is -2.01. The van der Waals surface area contributed by atoms with E-state index in [1.54, 1.807) is 11.0 Å². The number of rotatable bonds is 2. The maximum absolute atomic E-state index is 4.39. The Kier molecular flexibility index (Phi) is 9.35. The summed E-state index contributed by atoms with van der Waals surface area (Å²) in [6, 6.07) is 10.4. The van der Waals surface area contributed by atoms with E-state index in [0.29, 0.717) is 6.04 Å². The van der Waals surface area contributed by atoms with Crippen LogP contribution in [0.1, 0.15) is 54.5 Å². The lowest BCUT2D eigenvalue weighted by atomic mass is 10.2. The summed E-state index contributed by atoms with van der Waals surface area (Å²) in [6.45, 7) is 14.6. The van der Waals surface area contributed by atoms with Crippen molar-refractivity contribution < 1.29 is 0 Å². The second kappa shape index (κ2) is 10.2. The van der Waals surface area contributed by atoms with Crippen molar-refractivity contribution >= 4 is 0 Å². The van der Waals surface area contributed by atoms with Gasteiger partial charge in [-0.2, -0.15) is 15.0 Å². The first-order valence-electron chi connectivity index (χ1n) is 7.48. The molecular formula is C17H29N3. The molecule has 2 rings (SSSR count). The van der Waals surface area contributed by atoms with E-state index in [9.17, 15) is 0 Å². The van der Waals surface area contributed by atoms with Crippen LogP contribution in [-0.4, -0.2) is 15.0 Å². The van der Waals surface area contributed by atoms with E-state index >= 15 is 0 Å². The van der Waals surface area contributed by atoms with E-state index in [2.05, 4.69) is 44.8 Å². The minimum absolute atomic E-state index is 0.312. The standard InChI is InChI=1S/C11H13N3.C4H10.C2H6/c1-9(2)14-12-8-11(13-14)10-6-4-3-5-7-10;1-4(2)3;1-2/h3-9H,1-2H3;4H,1-3H3;1-2H3. The van der Waals surface area contributed by atoms with Crippen molar-refractivity contribution in [1.82, 2.24) is 15.0 Å². The molecule has 1 aromatic carbocycles. The number of hydrogen-bond acceptors (Lipinski definition) is 2. The first-order chi connectivity index (χ1) is 9.50. The number of hydrogen-bond donors (Lipinski definition) is 0. The van der Waals surface area contributed by atoms with Gasteiger partial charge in [-0.05, 0) is 19.8 Å². The Morgan fingerprint density at radius 1 is 0.900 bits per heavy atom. The molecule has 1 heterocycles. The quantitative estimate of drug-likeness (QED) is 0.752. The summed E-state index contributed by atoms with van der Waals surface area (Å²) in [4.78, 5) is 1.72. The summed E-state index contributed by atoms with van der Waals surface area (Å²) in [5.41, 5.74) is 2.04. The second-order valence-corrected chi connectivity index (χ2v) is 5.24. The Morgan fingerprint density at radius 2 is 1.40 bits per heavy atom. The summed E-state index contributed by atoms with van der Waals surface area (Å²) in [7, 11) is 0. The Bertz CT molecular complexity index is 442. The van der Waals surface area contributed by atoms with Crippen LogP contribution in [0.25, 0.3) is 11.3 Å². The zero-order chi connectivity index (χ0) is 15.5. The van der Waals surface area contributed by atoms with Gasteiger partial charge in [0.25, 0.3) is 0 Å². The van der Waals surface area contributed by atoms with E-state index in [1.807, 2.05) is 44.2 Å². The highest BCUT2D eigenvalue weighted by Gasteiger charge is 2.04. The first-order valence-corrected chi connectivity index (χ1v) is 7.48. The van der Waals surface area contributed by atoms with Crippen LogP contribution in [0.15, 0.2) is 36.5 Å². The molecule has 0 atom stereocenters. The van der Waals surface area contributed by atoms with Crippen molar-refractivity contribution in [3.8, 4) is 11.3 Å². The fourth-order valence-corrected chi connectivity index (χ4v) is 1.27. The lowest BCUT2D eigenvalue weighted by molar-refractivity contribution is 0.467. The highest BCUT2D eigenvalue weighted by Crippen LogP contribution is 2.15. The second-order valence-electron chi connectivity index (χ2n) is 5.24. The van der Waals surface area contributed by atoms with Crippen LogP contribution in [0.4, 0.5) is 0 Å². The van der Waals surface area contributed by atoms with Gasteiger partial charge in [0.2, 0.25) is 0 Å². The zero-order valence-corrected chi connectivity index (χ0v) is 14.0. The molecule has 2 aromatic rings. The van der Waals surface area contributed by atoms with E-state index in [0.717, 1.165) is 17.2 Å². The van der Waals surface area contributed by atoms with Gasteiger partial charge in [0, 0.05) is 5.56 Å². The van der Waals surface area contributed by atoms with Gasteiger partial charge in [0.15, 0.2) is 0 Å². The molecule has 0 fully saturated rings. The predicted octanol–water partition coefficient (Wildman–Crippen LogP) is 5.21. The van der Waals surface area contributed by atoms with Crippen LogP contribution >= 0.6 is 0 Å². The van der Waals surface area contributed by atoms with Gasteiger partial charge in [0.05, 0.1) is 12.2 Å². The molecule has 0 aliphatic heterocycles. The van der Waals surface area contributed by atoms with E-state index < -0.39 is 0 Å². The average Bonchev–Trinajstić information content (AvgIpc) is 2.91. The van der Waals surface area contributed by atoms with E-state index in [4.69, 9.17) is 0 Å². The molecule has 0 N–H and O–H groups in total. The number of aromatic nitrogens is 3. The molecule has 0 spiro atoms. The Balaban J connectivity index is 0.000000521. The summed E-state index contributed by atoms with van der Waals surface area (Å²) in [5, 5.41) is 8.58. The monoisotopic (exact) mass is 275 g/mol. The van der Waals surface area contributed by atoms with E-state index in [1.165, 1.54) is 0 Å². The lowest BCUT2D eigenvalue weighted by Crippen LogP contribution is -2.04. The van der Waals surface area contributed by atoms with Crippen molar-refractivity contribution in [2.75, 3.05) is 0 Å². The summed E-state index contributed by atoms with van der Waals surface area (Å²) >= 11 is 0. The van der Waals surface area contributed by atoms with Crippen LogP contribution in [0.2, 0.25) is 0 Å². The van der Waals surface area contributed by atoms with Crippen LogP contribution in [0.5, 0.6) is 0 Å². The van der Waals surface area contributed by atoms with Gasteiger partial charge in [0.1, 0.15) is 5.69 Å². The topological polar surface area (TPSA) is 30.7 Å². The molecule has 112 valence electrons. The fourth-order valence-electron chi connectivity index (χ4n) is 1.27. The summed E-state index contributed by atoms with van der Waals surface area (Å²) in [5.74, 6) is 0.833.